The molecule has 1 nitrogen and oxygen atoms in total. The number of halogens is 3. The average Bonchev–Trinajstić information content (AvgIpc) is 2.01. The van der Waals surface area contributed by atoms with E-state index in [4.69, 9.17) is 0 Å². The molecule has 0 saturated carbocycles. The highest BCUT2D eigenvalue weighted by Crippen LogP contribution is 2.13. The Morgan fingerprint density at radius 2 is 2.15 bits per heavy atom. The Morgan fingerprint density at radius 3 is 2.69 bits per heavy atom. The zero-order valence-electron chi connectivity index (χ0n) is 6.58. The fourth-order valence-electron chi connectivity index (χ4n) is 0.917. The van der Waals surface area contributed by atoms with Gasteiger partial charge in [-0.1, -0.05) is 12.2 Å². The summed E-state index contributed by atoms with van der Waals surface area (Å²) < 4.78 is 36.8. The van der Waals surface area contributed by atoms with Gasteiger partial charge in [-0.15, -0.1) is 0 Å². The zero-order valence-corrected chi connectivity index (χ0v) is 7.40. The van der Waals surface area contributed by atoms with Crippen LogP contribution in [0.3, 0.4) is 0 Å². The van der Waals surface area contributed by atoms with Gasteiger partial charge in [-0.25, -0.2) is 0 Å². The third-order valence-corrected chi connectivity index (χ3v) is 1.65. The molecule has 0 unspecified atom stereocenters. The van der Waals surface area contributed by atoms with E-state index in [-0.39, 0.29) is 0 Å². The predicted octanol–water partition coefficient (Wildman–Crippen LogP) is 1.88. The molecule has 5 heteroatoms. The molecule has 0 amide bonds. The fraction of sp³-hybridized carbons (Fsp3) is 0.250. The van der Waals surface area contributed by atoms with Crippen molar-refractivity contribution in [3.8, 4) is 0 Å². The Balaban J connectivity index is 2.84. The van der Waals surface area contributed by atoms with Crippen molar-refractivity contribution >= 4 is 17.6 Å². The van der Waals surface area contributed by atoms with Crippen LogP contribution in [0.4, 0.5) is 13.2 Å². The third kappa shape index (κ3) is 3.50. The molecule has 0 N–H and O–H groups in total. The van der Waals surface area contributed by atoms with E-state index in [1.807, 2.05) is 0 Å². The van der Waals surface area contributed by atoms with Crippen LogP contribution in [0.2, 0.25) is 0 Å². The second kappa shape index (κ2) is 3.83. The molecule has 0 fully saturated rings. The van der Waals surface area contributed by atoms with Crippen LogP contribution < -0.4 is 4.57 Å². The maximum atomic E-state index is 11.9. The number of rotatable bonds is 2. The first-order valence-electron chi connectivity index (χ1n) is 3.52. The zero-order chi connectivity index (χ0) is 9.90. The highest BCUT2D eigenvalue weighted by atomic mass is 32.1. The molecular formula is C8H7F3NS+. The first kappa shape index (κ1) is 10.1. The normalized spacial score (nSPS) is 11.3. The van der Waals surface area contributed by atoms with E-state index in [2.05, 4.69) is 12.2 Å². The van der Waals surface area contributed by atoms with Crippen molar-refractivity contribution in [2.45, 2.75) is 12.7 Å². The summed E-state index contributed by atoms with van der Waals surface area (Å²) >= 11 is 4.60. The summed E-state index contributed by atoms with van der Waals surface area (Å²) in [6.07, 6.45) is -1.47. The standard InChI is InChI=1S/C8H7F3NS/c9-8(10,11)6-12-3-1-2-7(4-12)5-13/h1-5H,6H2/q+1. The van der Waals surface area contributed by atoms with E-state index in [9.17, 15) is 13.2 Å². The van der Waals surface area contributed by atoms with Crippen molar-refractivity contribution in [3.05, 3.63) is 30.1 Å². The Kier molecular flexibility index (Phi) is 2.98. The number of aromatic nitrogens is 1. The van der Waals surface area contributed by atoms with Crippen LogP contribution >= 0.6 is 12.2 Å². The molecule has 1 rings (SSSR count). The number of thiocarbonyl (C=S) groups is 1. The van der Waals surface area contributed by atoms with Crippen LogP contribution in [0.15, 0.2) is 24.5 Å². The van der Waals surface area contributed by atoms with Crippen molar-refractivity contribution in [3.63, 3.8) is 0 Å². The lowest BCUT2D eigenvalue weighted by atomic mass is 10.3. The minimum atomic E-state index is -4.19. The molecule has 1 aromatic heterocycles. The molecule has 0 aliphatic rings. The van der Waals surface area contributed by atoms with Gasteiger partial charge in [0.2, 0.25) is 6.54 Å². The second-order valence-electron chi connectivity index (χ2n) is 2.54. The number of pyridine rings is 1. The van der Waals surface area contributed by atoms with Gasteiger partial charge in [0.15, 0.2) is 12.4 Å². The van der Waals surface area contributed by atoms with Crippen molar-refractivity contribution in [1.82, 2.24) is 0 Å². The van der Waals surface area contributed by atoms with E-state index in [0.717, 1.165) is 4.57 Å². The molecule has 70 valence electrons. The third-order valence-electron chi connectivity index (χ3n) is 1.38. The Morgan fingerprint density at radius 1 is 1.46 bits per heavy atom. The van der Waals surface area contributed by atoms with Crippen LogP contribution in [0.1, 0.15) is 5.56 Å². The molecule has 0 aliphatic heterocycles. The minimum Gasteiger partial charge on any atom is -0.195 e. The van der Waals surface area contributed by atoms with Crippen molar-refractivity contribution in [1.29, 1.82) is 0 Å². The molecule has 13 heavy (non-hydrogen) atoms. The SMILES string of the molecule is FC(F)(F)C[n+]1cccc(C=S)c1. The largest absolute Gasteiger partial charge is 0.448 e. The van der Waals surface area contributed by atoms with E-state index >= 15 is 0 Å². The van der Waals surface area contributed by atoms with Crippen LogP contribution in [0, 0.1) is 0 Å². The number of hydrogen-bond donors (Lipinski definition) is 0. The highest BCUT2D eigenvalue weighted by molar-refractivity contribution is 7.79. The van der Waals surface area contributed by atoms with Crippen LogP contribution in [-0.4, -0.2) is 11.5 Å². The molecule has 0 aliphatic carbocycles. The Labute approximate surface area is 78.8 Å². The minimum absolute atomic E-state index is 0.599. The second-order valence-corrected chi connectivity index (χ2v) is 2.78. The lowest BCUT2D eigenvalue weighted by Gasteiger charge is -2.01. The van der Waals surface area contributed by atoms with Gasteiger partial charge in [-0.3, -0.25) is 0 Å². The van der Waals surface area contributed by atoms with Gasteiger partial charge in [0.05, 0.1) is 0 Å². The number of hydrogen-bond acceptors (Lipinski definition) is 1. The van der Waals surface area contributed by atoms with Gasteiger partial charge < -0.3 is 0 Å². The van der Waals surface area contributed by atoms with E-state index in [1.54, 1.807) is 6.07 Å². The molecule has 0 aromatic carbocycles. The predicted molar refractivity (Wildman–Crippen MR) is 45.4 cm³/mol. The molecule has 0 atom stereocenters. The summed E-state index contributed by atoms with van der Waals surface area (Å²) in [6.45, 7) is -0.982. The maximum absolute atomic E-state index is 11.9. The van der Waals surface area contributed by atoms with E-state index in [1.165, 1.54) is 23.8 Å². The number of nitrogens with zero attached hydrogens (tertiary/aromatic N) is 1. The molecule has 0 spiro atoms. The summed E-state index contributed by atoms with van der Waals surface area (Å²) in [7, 11) is 0. The lowest BCUT2D eigenvalue weighted by molar-refractivity contribution is -0.719. The van der Waals surface area contributed by atoms with Gasteiger partial charge >= 0.3 is 6.18 Å². The summed E-state index contributed by atoms with van der Waals surface area (Å²) in [5, 5.41) is 1.34. The van der Waals surface area contributed by atoms with Gasteiger partial charge in [0, 0.05) is 17.0 Å². The van der Waals surface area contributed by atoms with Crippen molar-refractivity contribution in [2.24, 2.45) is 0 Å². The quantitative estimate of drug-likeness (QED) is 0.528. The maximum Gasteiger partial charge on any atom is 0.448 e. The molecule has 1 aromatic rings. The van der Waals surface area contributed by atoms with Crippen LogP contribution in [0.25, 0.3) is 0 Å². The fourth-order valence-corrected chi connectivity index (χ4v) is 1.06. The summed E-state index contributed by atoms with van der Waals surface area (Å²) in [5.74, 6) is 0. The molecule has 0 bridgehead atoms. The summed E-state index contributed by atoms with van der Waals surface area (Å²) in [6, 6.07) is 3.18. The Hall–Kier alpha value is -0.970. The summed E-state index contributed by atoms with van der Waals surface area (Å²) in [4.78, 5) is 0. The topological polar surface area (TPSA) is 3.88 Å². The van der Waals surface area contributed by atoms with Crippen LogP contribution in [-0.2, 0) is 6.54 Å². The monoisotopic (exact) mass is 206 g/mol. The smallest absolute Gasteiger partial charge is 0.195 e. The first-order chi connectivity index (χ1) is 6.01. The van der Waals surface area contributed by atoms with Gasteiger partial charge in [-0.2, -0.15) is 17.7 Å². The van der Waals surface area contributed by atoms with Gasteiger partial charge in [0.1, 0.15) is 0 Å². The van der Waals surface area contributed by atoms with Gasteiger partial charge in [-0.05, 0) is 6.07 Å². The molecule has 0 saturated heterocycles. The van der Waals surface area contributed by atoms with E-state index < -0.39 is 12.7 Å². The molecular weight excluding hydrogens is 199 g/mol. The highest BCUT2D eigenvalue weighted by Gasteiger charge is 2.33. The first-order valence-corrected chi connectivity index (χ1v) is 3.99. The van der Waals surface area contributed by atoms with Crippen molar-refractivity contribution < 1.29 is 17.7 Å². The molecule has 0 radical (unpaired) electrons. The van der Waals surface area contributed by atoms with E-state index in [0.29, 0.717) is 5.56 Å². The number of alkyl halides is 3. The molecule has 1 heterocycles. The summed E-state index contributed by atoms with van der Waals surface area (Å²) in [5.41, 5.74) is 0.599. The average molecular weight is 206 g/mol. The van der Waals surface area contributed by atoms with Gasteiger partial charge in [0.25, 0.3) is 0 Å². The Bertz CT molecular complexity index is 309. The van der Waals surface area contributed by atoms with Crippen molar-refractivity contribution in [2.75, 3.05) is 0 Å². The van der Waals surface area contributed by atoms with Crippen LogP contribution in [0.5, 0.6) is 0 Å². The lowest BCUT2D eigenvalue weighted by Crippen LogP contribution is -2.41.